The van der Waals surface area contributed by atoms with E-state index in [1.165, 1.54) is 6.07 Å². The molecular formula is C16H14BrClFN3O2. The minimum atomic E-state index is -0.422. The Balaban J connectivity index is 1.85. The number of rotatable bonds is 6. The molecule has 1 amide bonds. The lowest BCUT2D eigenvalue weighted by Crippen LogP contribution is -2.22. The molecule has 5 nitrogen and oxygen atoms in total. The largest absolute Gasteiger partial charge is 0.389 e. The summed E-state index contributed by atoms with van der Waals surface area (Å²) in [5.41, 5.74) is 6.43. The standard InChI is InChI=1S/C16H14BrClFN3O2/c17-11-6-5-10(13(19)7-11)9-24-22-15(20)8-16(23)21-14-4-2-1-3-12(14)18/h1-7H,8-9H2,(H2,20,22)(H,21,23). The fraction of sp³-hybridized carbons (Fsp3) is 0.125. The molecule has 0 spiro atoms. The van der Waals surface area contributed by atoms with Gasteiger partial charge in [0.2, 0.25) is 5.91 Å². The molecule has 0 aliphatic carbocycles. The number of para-hydroxylation sites is 1. The quantitative estimate of drug-likeness (QED) is 0.425. The van der Waals surface area contributed by atoms with Gasteiger partial charge in [-0.3, -0.25) is 4.79 Å². The Kier molecular flexibility index (Phi) is 6.57. The molecule has 3 N–H and O–H groups in total. The number of carbonyl (C=O) groups excluding carboxylic acids is 1. The Morgan fingerprint density at radius 3 is 2.79 bits per heavy atom. The van der Waals surface area contributed by atoms with Crippen LogP contribution in [0.4, 0.5) is 10.1 Å². The number of benzene rings is 2. The monoisotopic (exact) mass is 413 g/mol. The van der Waals surface area contributed by atoms with Crippen LogP contribution in [0.15, 0.2) is 52.1 Å². The summed E-state index contributed by atoms with van der Waals surface area (Å²) in [6.45, 7) is -0.0913. The number of hydrogen-bond donors (Lipinski definition) is 2. The average molecular weight is 415 g/mol. The highest BCUT2D eigenvalue weighted by molar-refractivity contribution is 9.10. The predicted octanol–water partition coefficient (Wildman–Crippen LogP) is 4.06. The molecule has 126 valence electrons. The van der Waals surface area contributed by atoms with Gasteiger partial charge in [-0.2, -0.15) is 0 Å². The van der Waals surface area contributed by atoms with Crippen LogP contribution < -0.4 is 11.1 Å². The highest BCUT2D eigenvalue weighted by atomic mass is 79.9. The van der Waals surface area contributed by atoms with Gasteiger partial charge >= 0.3 is 0 Å². The molecule has 8 heteroatoms. The predicted molar refractivity (Wildman–Crippen MR) is 95.2 cm³/mol. The number of amides is 1. The molecule has 0 bridgehead atoms. The third kappa shape index (κ3) is 5.50. The number of nitrogens with one attached hydrogen (secondary N) is 1. The van der Waals surface area contributed by atoms with Crippen molar-refractivity contribution in [1.82, 2.24) is 0 Å². The van der Waals surface area contributed by atoms with Crippen molar-refractivity contribution < 1.29 is 14.0 Å². The molecule has 0 saturated carbocycles. The van der Waals surface area contributed by atoms with Crippen molar-refractivity contribution in [3.63, 3.8) is 0 Å². The van der Waals surface area contributed by atoms with Gasteiger partial charge in [-0.1, -0.05) is 50.9 Å². The summed E-state index contributed by atoms with van der Waals surface area (Å²) in [5, 5.41) is 6.64. The van der Waals surface area contributed by atoms with E-state index in [-0.39, 0.29) is 24.8 Å². The van der Waals surface area contributed by atoms with Crippen LogP contribution in [0.1, 0.15) is 12.0 Å². The van der Waals surface area contributed by atoms with Crippen LogP contribution in [0.25, 0.3) is 0 Å². The highest BCUT2D eigenvalue weighted by Gasteiger charge is 2.08. The van der Waals surface area contributed by atoms with E-state index in [9.17, 15) is 9.18 Å². The van der Waals surface area contributed by atoms with E-state index in [1.54, 1.807) is 36.4 Å². The van der Waals surface area contributed by atoms with Crippen LogP contribution in [0.5, 0.6) is 0 Å². The third-order valence-corrected chi connectivity index (χ3v) is 3.73. The first-order valence-corrected chi connectivity index (χ1v) is 8.05. The van der Waals surface area contributed by atoms with Crippen molar-refractivity contribution in [2.24, 2.45) is 10.9 Å². The summed E-state index contributed by atoms with van der Waals surface area (Å²) >= 11 is 9.11. The molecule has 2 rings (SSSR count). The van der Waals surface area contributed by atoms with Crippen LogP contribution in [0, 0.1) is 5.82 Å². The zero-order valence-electron chi connectivity index (χ0n) is 12.4. The first-order chi connectivity index (χ1) is 11.5. The van der Waals surface area contributed by atoms with Crippen LogP contribution >= 0.6 is 27.5 Å². The van der Waals surface area contributed by atoms with Crippen molar-refractivity contribution in [2.75, 3.05) is 5.32 Å². The van der Waals surface area contributed by atoms with E-state index in [1.807, 2.05) is 0 Å². The topological polar surface area (TPSA) is 76.7 Å². The van der Waals surface area contributed by atoms with Gasteiger partial charge in [0.1, 0.15) is 18.3 Å². The zero-order valence-corrected chi connectivity index (χ0v) is 14.8. The lowest BCUT2D eigenvalue weighted by Gasteiger charge is -2.07. The van der Waals surface area contributed by atoms with Gasteiger partial charge in [-0.15, -0.1) is 0 Å². The molecule has 0 radical (unpaired) electrons. The third-order valence-electron chi connectivity index (χ3n) is 2.91. The number of oxime groups is 1. The van der Waals surface area contributed by atoms with Gasteiger partial charge in [0.15, 0.2) is 0 Å². The number of carbonyl (C=O) groups is 1. The number of halogens is 3. The maximum absolute atomic E-state index is 13.6. The van der Waals surface area contributed by atoms with Crippen LogP contribution in [-0.4, -0.2) is 11.7 Å². The van der Waals surface area contributed by atoms with Crippen molar-refractivity contribution in [3.05, 3.63) is 63.3 Å². The normalized spacial score (nSPS) is 11.2. The summed E-state index contributed by atoms with van der Waals surface area (Å²) < 4.78 is 14.2. The summed E-state index contributed by atoms with van der Waals surface area (Å²) in [6, 6.07) is 11.4. The average Bonchev–Trinajstić information content (AvgIpc) is 2.51. The molecule has 0 atom stereocenters. The number of hydrogen-bond acceptors (Lipinski definition) is 3. The summed E-state index contributed by atoms with van der Waals surface area (Å²) in [4.78, 5) is 16.8. The maximum Gasteiger partial charge on any atom is 0.232 e. The second kappa shape index (κ2) is 8.65. The molecule has 0 saturated heterocycles. The minimum absolute atomic E-state index is 0.0305. The minimum Gasteiger partial charge on any atom is -0.389 e. The van der Waals surface area contributed by atoms with Gasteiger partial charge in [0.05, 0.1) is 17.1 Å². The lowest BCUT2D eigenvalue weighted by atomic mass is 10.2. The SMILES string of the molecule is N/C(CC(=O)Nc1ccccc1Cl)=N/OCc1ccc(Br)cc1F. The van der Waals surface area contributed by atoms with E-state index in [0.29, 0.717) is 20.7 Å². The van der Waals surface area contributed by atoms with Crippen LogP contribution in [0.3, 0.4) is 0 Å². The highest BCUT2D eigenvalue weighted by Crippen LogP contribution is 2.20. The summed E-state index contributed by atoms with van der Waals surface area (Å²) in [5.74, 6) is -0.838. The Bertz CT molecular complexity index is 771. The van der Waals surface area contributed by atoms with Crippen molar-refractivity contribution in [3.8, 4) is 0 Å². The van der Waals surface area contributed by atoms with Gasteiger partial charge in [-0.05, 0) is 24.3 Å². The molecule has 0 aliphatic rings. The van der Waals surface area contributed by atoms with E-state index in [4.69, 9.17) is 22.2 Å². The summed E-state index contributed by atoms with van der Waals surface area (Å²) in [6.07, 6.45) is -0.173. The van der Waals surface area contributed by atoms with E-state index in [0.717, 1.165) is 0 Å². The van der Waals surface area contributed by atoms with Crippen molar-refractivity contribution in [1.29, 1.82) is 0 Å². The molecule has 0 aliphatic heterocycles. The Labute approximate surface area is 151 Å². The zero-order chi connectivity index (χ0) is 17.5. The molecule has 2 aromatic rings. The number of anilines is 1. The van der Waals surface area contributed by atoms with Crippen molar-refractivity contribution >= 4 is 45.0 Å². The van der Waals surface area contributed by atoms with Gasteiger partial charge in [0, 0.05) is 10.0 Å². The second-order valence-corrected chi connectivity index (χ2v) is 6.12. The first-order valence-electron chi connectivity index (χ1n) is 6.88. The Morgan fingerprint density at radius 1 is 1.33 bits per heavy atom. The fourth-order valence-electron chi connectivity index (χ4n) is 1.78. The van der Waals surface area contributed by atoms with Gasteiger partial charge in [-0.25, -0.2) is 4.39 Å². The molecular weight excluding hydrogens is 401 g/mol. The molecule has 0 aromatic heterocycles. The maximum atomic E-state index is 13.6. The molecule has 2 aromatic carbocycles. The van der Waals surface area contributed by atoms with Crippen LogP contribution in [0.2, 0.25) is 5.02 Å². The molecule has 24 heavy (non-hydrogen) atoms. The smallest absolute Gasteiger partial charge is 0.232 e. The number of nitrogens with zero attached hydrogens (tertiary/aromatic N) is 1. The molecule has 0 fully saturated rings. The van der Waals surface area contributed by atoms with E-state index >= 15 is 0 Å². The Hall–Kier alpha value is -2.12. The molecule has 0 heterocycles. The Morgan fingerprint density at radius 2 is 2.08 bits per heavy atom. The van der Waals surface area contributed by atoms with Crippen LogP contribution in [-0.2, 0) is 16.2 Å². The summed E-state index contributed by atoms with van der Waals surface area (Å²) in [7, 11) is 0. The lowest BCUT2D eigenvalue weighted by molar-refractivity contribution is -0.115. The van der Waals surface area contributed by atoms with E-state index in [2.05, 4.69) is 26.4 Å². The van der Waals surface area contributed by atoms with Gasteiger partial charge < -0.3 is 15.9 Å². The van der Waals surface area contributed by atoms with Gasteiger partial charge in [0.25, 0.3) is 0 Å². The number of amidine groups is 1. The van der Waals surface area contributed by atoms with E-state index < -0.39 is 5.82 Å². The fourth-order valence-corrected chi connectivity index (χ4v) is 2.29. The molecule has 0 unspecified atom stereocenters. The van der Waals surface area contributed by atoms with Crippen molar-refractivity contribution in [2.45, 2.75) is 13.0 Å². The number of nitrogens with two attached hydrogens (primary N) is 1. The first kappa shape index (κ1) is 18.2. The second-order valence-electron chi connectivity index (χ2n) is 4.80.